The number of hydrogen-bond acceptors (Lipinski definition) is 7. The normalized spacial score (nSPS) is 10.7. The van der Waals surface area contributed by atoms with Crippen LogP contribution in [0.15, 0.2) is 0 Å². The Kier molecular flexibility index (Phi) is 65.6. The zero-order chi connectivity index (χ0) is 40.4. The van der Waals surface area contributed by atoms with E-state index < -0.39 is 18.0 Å². The van der Waals surface area contributed by atoms with Gasteiger partial charge in [0.1, 0.15) is 6.10 Å². The van der Waals surface area contributed by atoms with Gasteiger partial charge in [-0.15, -0.1) is 0 Å². The van der Waals surface area contributed by atoms with Gasteiger partial charge in [-0.25, -0.2) is 0 Å². The number of unbranched alkanes of at least 4 members (excludes halogenated alkanes) is 36. The summed E-state index contributed by atoms with van der Waals surface area (Å²) in [5.41, 5.74) is 0. The molecular formula is C47H94CaO7. The largest absolute Gasteiger partial charge is 2.00 e. The van der Waals surface area contributed by atoms with Crippen LogP contribution in [0.1, 0.15) is 271 Å². The van der Waals surface area contributed by atoms with Crippen molar-refractivity contribution >= 4 is 49.7 Å². The minimum atomic E-state index is -0.954. The van der Waals surface area contributed by atoms with Gasteiger partial charge in [-0.2, -0.15) is 0 Å². The molecule has 0 unspecified atom stereocenters. The Balaban J connectivity index is -0.000000404. The van der Waals surface area contributed by atoms with Crippen molar-refractivity contribution in [3.8, 4) is 0 Å². The third-order valence-corrected chi connectivity index (χ3v) is 10.4. The Morgan fingerprint density at radius 1 is 0.345 bits per heavy atom. The van der Waals surface area contributed by atoms with Crippen LogP contribution in [0.3, 0.4) is 0 Å². The monoisotopic (exact) mass is 811 g/mol. The van der Waals surface area contributed by atoms with Gasteiger partial charge in [0.25, 0.3) is 0 Å². The molecule has 0 bridgehead atoms. The summed E-state index contributed by atoms with van der Waals surface area (Å²) in [6, 6.07) is 0. The molecule has 0 fully saturated rings. The number of hydrogen-bond donors (Lipinski definition) is 3. The van der Waals surface area contributed by atoms with Gasteiger partial charge >= 0.3 is 37.7 Å². The predicted octanol–water partition coefficient (Wildman–Crippen LogP) is 11.1. The molecule has 0 aliphatic heterocycles. The van der Waals surface area contributed by atoms with Gasteiger partial charge in [-0.1, -0.05) is 245 Å². The Labute approximate surface area is 372 Å². The Bertz CT molecular complexity index is 638. The van der Waals surface area contributed by atoms with Crippen LogP contribution in [-0.4, -0.2) is 84.3 Å². The predicted molar refractivity (Wildman–Crippen MR) is 232 cm³/mol. The maximum Gasteiger partial charge on any atom is 2.00 e. The van der Waals surface area contributed by atoms with E-state index in [4.69, 9.17) is 15.3 Å². The van der Waals surface area contributed by atoms with Crippen molar-refractivity contribution in [2.75, 3.05) is 13.2 Å². The second kappa shape index (κ2) is 58.4. The van der Waals surface area contributed by atoms with Crippen LogP contribution in [-0.2, 0) is 9.59 Å². The van der Waals surface area contributed by atoms with E-state index in [0.717, 1.165) is 25.7 Å². The molecule has 326 valence electrons. The summed E-state index contributed by atoms with van der Waals surface area (Å²) in [4.78, 5) is 20.5. The molecule has 0 heterocycles. The first-order valence-electron chi connectivity index (χ1n) is 23.6. The molecule has 0 atom stereocenters. The maximum absolute atomic E-state index is 10.3. The number of aliphatic carboxylic acids is 2. The maximum atomic E-state index is 10.3. The molecule has 0 aromatic carbocycles. The van der Waals surface area contributed by atoms with Crippen molar-refractivity contribution in [2.45, 2.75) is 277 Å². The van der Waals surface area contributed by atoms with Crippen LogP contribution in [0, 0.1) is 0 Å². The van der Waals surface area contributed by atoms with Crippen molar-refractivity contribution in [2.24, 2.45) is 0 Å². The molecule has 7 nitrogen and oxygen atoms in total. The van der Waals surface area contributed by atoms with E-state index in [9.17, 15) is 19.8 Å². The summed E-state index contributed by atoms with van der Waals surface area (Å²) in [7, 11) is 0. The number of carboxylic acids is 2. The van der Waals surface area contributed by atoms with E-state index in [1.807, 2.05) is 0 Å². The van der Waals surface area contributed by atoms with Crippen LogP contribution >= 0.6 is 0 Å². The van der Waals surface area contributed by atoms with Gasteiger partial charge in [0.2, 0.25) is 0 Å². The van der Waals surface area contributed by atoms with Crippen LogP contribution in [0.2, 0.25) is 0 Å². The van der Waals surface area contributed by atoms with E-state index in [1.54, 1.807) is 0 Å². The number of aliphatic hydroxyl groups excluding tert-OH is 3. The van der Waals surface area contributed by atoms with Gasteiger partial charge in [0.05, 0.1) is 13.2 Å². The third kappa shape index (κ3) is 69.1. The van der Waals surface area contributed by atoms with E-state index in [2.05, 4.69) is 13.8 Å². The van der Waals surface area contributed by atoms with Crippen LogP contribution in [0.4, 0.5) is 0 Å². The second-order valence-electron chi connectivity index (χ2n) is 16.0. The first-order valence-corrected chi connectivity index (χ1v) is 23.6. The van der Waals surface area contributed by atoms with Crippen LogP contribution in [0.25, 0.3) is 0 Å². The molecule has 0 rings (SSSR count). The average molecular weight is 811 g/mol. The fourth-order valence-electron chi connectivity index (χ4n) is 6.75. The molecule has 0 aromatic heterocycles. The summed E-state index contributed by atoms with van der Waals surface area (Å²) in [6.07, 6.45) is 50.5. The van der Waals surface area contributed by atoms with Crippen molar-refractivity contribution in [1.82, 2.24) is 0 Å². The topological polar surface area (TPSA) is 141 Å². The molecule has 0 saturated carbocycles. The second-order valence-corrected chi connectivity index (χ2v) is 16.0. The van der Waals surface area contributed by atoms with Gasteiger partial charge < -0.3 is 35.1 Å². The van der Waals surface area contributed by atoms with E-state index >= 15 is 0 Å². The van der Waals surface area contributed by atoms with Crippen molar-refractivity contribution < 1.29 is 35.1 Å². The summed E-state index contributed by atoms with van der Waals surface area (Å²) in [5.74, 6) is -1.80. The van der Waals surface area contributed by atoms with Crippen LogP contribution < -0.4 is 10.2 Å². The molecular weight excluding hydrogens is 717 g/mol. The molecule has 0 radical (unpaired) electrons. The zero-order valence-corrected chi connectivity index (χ0v) is 39.2. The molecule has 0 spiro atoms. The summed E-state index contributed by atoms with van der Waals surface area (Å²) in [5, 5.41) is 44.6. The van der Waals surface area contributed by atoms with E-state index in [0.29, 0.717) is 0 Å². The zero-order valence-electron chi connectivity index (χ0n) is 37.0. The molecule has 8 heteroatoms. The average Bonchev–Trinajstić information content (AvgIpc) is 3.16. The fourth-order valence-corrected chi connectivity index (χ4v) is 6.75. The van der Waals surface area contributed by atoms with E-state index in [1.165, 1.54) is 218 Å². The van der Waals surface area contributed by atoms with Crippen molar-refractivity contribution in [3.05, 3.63) is 0 Å². The van der Waals surface area contributed by atoms with Gasteiger partial charge in [0.15, 0.2) is 0 Å². The first-order chi connectivity index (χ1) is 26.3. The van der Waals surface area contributed by atoms with Crippen molar-refractivity contribution in [3.63, 3.8) is 0 Å². The Hall–Kier alpha value is 0.0797. The first kappa shape index (κ1) is 61.7. The molecule has 0 saturated heterocycles. The van der Waals surface area contributed by atoms with Gasteiger partial charge in [-0.05, 0) is 25.7 Å². The summed E-state index contributed by atoms with van der Waals surface area (Å²) < 4.78 is 0. The van der Waals surface area contributed by atoms with Crippen LogP contribution in [0.5, 0.6) is 0 Å². The quantitative estimate of drug-likeness (QED) is 0.0412. The smallest absolute Gasteiger partial charge is 0.550 e. The molecule has 0 aliphatic carbocycles. The van der Waals surface area contributed by atoms with E-state index in [-0.39, 0.29) is 63.8 Å². The van der Waals surface area contributed by atoms with Gasteiger partial charge in [-0.3, -0.25) is 0 Å². The number of rotatable bonds is 42. The molecule has 0 aliphatic rings. The van der Waals surface area contributed by atoms with Crippen molar-refractivity contribution in [1.29, 1.82) is 0 Å². The number of carboxylic acid groups (broad SMARTS) is 2. The third-order valence-electron chi connectivity index (χ3n) is 10.4. The minimum Gasteiger partial charge on any atom is -0.550 e. The minimum absolute atomic E-state index is 0. The number of aliphatic hydroxyl groups is 3. The summed E-state index contributed by atoms with van der Waals surface area (Å²) >= 11 is 0. The SMILES string of the molecule is CCCCCCCCCCCCCCCCCCCCCC(=O)[O-].CCCCCCCCCCCCCCCCCCCCCC(=O)[O-].OCC(O)CO.[Ca+2]. The standard InChI is InChI=1S/2C22H44O2.C3H8O3.Ca/c2*1-2-3-4-5-6-7-8-9-10-11-12-13-14-15-16-17-18-19-20-21-22(23)24;4-1-3(6)2-5;/h2*2-21H2,1H3,(H,23,24);3-6H,1-2H2;/q;;;+2/p-2. The number of carbonyl (C=O) groups excluding carboxylic acids is 2. The number of carbonyl (C=O) groups is 2. The Morgan fingerprint density at radius 3 is 0.600 bits per heavy atom. The Morgan fingerprint density at radius 2 is 0.491 bits per heavy atom. The van der Waals surface area contributed by atoms with Gasteiger partial charge in [0, 0.05) is 11.9 Å². The molecule has 55 heavy (non-hydrogen) atoms. The summed E-state index contributed by atoms with van der Waals surface area (Å²) in [6.45, 7) is 3.83. The fraction of sp³-hybridized carbons (Fsp3) is 0.957. The molecule has 3 N–H and O–H groups in total. The molecule has 0 aromatic rings. The molecule has 0 amide bonds.